The molecule has 1 aromatic rings. The Morgan fingerprint density at radius 2 is 2.47 bits per heavy atom. The van der Waals surface area contributed by atoms with Crippen molar-refractivity contribution in [2.45, 2.75) is 32.1 Å². The van der Waals surface area contributed by atoms with Gasteiger partial charge in [-0.25, -0.2) is 0 Å². The summed E-state index contributed by atoms with van der Waals surface area (Å²) >= 11 is 1.78. The number of piperidine rings is 1. The average Bonchev–Trinajstić information content (AvgIpc) is 2.92. The van der Waals surface area contributed by atoms with Crippen molar-refractivity contribution in [3.63, 3.8) is 0 Å². The van der Waals surface area contributed by atoms with Crippen LogP contribution in [0.1, 0.15) is 30.6 Å². The lowest BCUT2D eigenvalue weighted by Gasteiger charge is -2.32. The number of methoxy groups -OCH3 is 1. The molecule has 19 heavy (non-hydrogen) atoms. The van der Waals surface area contributed by atoms with Crippen LogP contribution >= 0.6 is 11.3 Å². The highest BCUT2D eigenvalue weighted by atomic mass is 32.1. The molecule has 0 N–H and O–H groups in total. The van der Waals surface area contributed by atoms with Gasteiger partial charge in [-0.1, -0.05) is 6.07 Å². The molecule has 1 unspecified atom stereocenters. The van der Waals surface area contributed by atoms with Crippen LogP contribution in [0.3, 0.4) is 0 Å². The van der Waals surface area contributed by atoms with Gasteiger partial charge in [-0.2, -0.15) is 0 Å². The summed E-state index contributed by atoms with van der Waals surface area (Å²) in [6, 6.07) is 4.21. The Morgan fingerprint density at radius 3 is 3.21 bits per heavy atom. The highest BCUT2D eigenvalue weighted by Gasteiger charge is 2.22. The molecule has 0 bridgehead atoms. The fraction of sp³-hybridized carbons (Fsp3) is 0.667. The average molecular weight is 281 g/mol. The van der Waals surface area contributed by atoms with Crippen molar-refractivity contribution in [2.75, 3.05) is 26.8 Å². The molecule has 106 valence electrons. The zero-order valence-corrected chi connectivity index (χ0v) is 12.5. The van der Waals surface area contributed by atoms with Crippen molar-refractivity contribution >= 4 is 17.2 Å². The lowest BCUT2D eigenvalue weighted by Crippen LogP contribution is -2.41. The minimum Gasteiger partial charge on any atom is -0.384 e. The van der Waals surface area contributed by atoms with Crippen LogP contribution in [0.25, 0.3) is 0 Å². The van der Waals surface area contributed by atoms with Crippen LogP contribution in [0, 0.1) is 5.92 Å². The largest absolute Gasteiger partial charge is 0.384 e. The minimum atomic E-state index is 0.317. The number of ether oxygens (including phenoxy) is 1. The number of amides is 1. The molecule has 0 radical (unpaired) electrons. The first-order valence-electron chi connectivity index (χ1n) is 7.08. The van der Waals surface area contributed by atoms with Crippen molar-refractivity contribution in [3.05, 3.63) is 22.4 Å². The molecule has 4 heteroatoms. The number of aryl methyl sites for hydroxylation is 1. The molecule has 0 saturated carbocycles. The van der Waals surface area contributed by atoms with E-state index < -0.39 is 0 Å². The van der Waals surface area contributed by atoms with Gasteiger partial charge in [0.1, 0.15) is 0 Å². The van der Waals surface area contributed by atoms with Crippen LogP contribution in [0.2, 0.25) is 0 Å². The van der Waals surface area contributed by atoms with E-state index in [4.69, 9.17) is 4.74 Å². The smallest absolute Gasteiger partial charge is 0.222 e. The molecule has 1 fully saturated rings. The van der Waals surface area contributed by atoms with E-state index in [1.807, 2.05) is 4.90 Å². The number of rotatable bonds is 6. The maximum Gasteiger partial charge on any atom is 0.222 e. The second-order valence-electron chi connectivity index (χ2n) is 5.24. The van der Waals surface area contributed by atoms with Gasteiger partial charge >= 0.3 is 0 Å². The molecule has 1 aliphatic rings. The van der Waals surface area contributed by atoms with Gasteiger partial charge in [0.25, 0.3) is 0 Å². The van der Waals surface area contributed by atoms with Crippen LogP contribution in [-0.2, 0) is 16.0 Å². The Bertz CT molecular complexity index is 376. The lowest BCUT2D eigenvalue weighted by atomic mass is 9.98. The first-order valence-corrected chi connectivity index (χ1v) is 7.96. The summed E-state index contributed by atoms with van der Waals surface area (Å²) in [6.07, 6.45) is 4.97. The molecule has 3 nitrogen and oxygen atoms in total. The molecule has 0 aromatic carbocycles. The highest BCUT2D eigenvalue weighted by molar-refractivity contribution is 7.09. The summed E-state index contributed by atoms with van der Waals surface area (Å²) < 4.78 is 5.20. The van der Waals surface area contributed by atoms with Gasteiger partial charge in [-0.05, 0) is 43.0 Å². The second-order valence-corrected chi connectivity index (χ2v) is 6.27. The molecular formula is C15H23NO2S. The third-order valence-electron chi connectivity index (χ3n) is 3.67. The van der Waals surface area contributed by atoms with Gasteiger partial charge in [0.2, 0.25) is 5.91 Å². The van der Waals surface area contributed by atoms with E-state index in [0.29, 0.717) is 18.2 Å². The quantitative estimate of drug-likeness (QED) is 0.802. The normalized spacial score (nSPS) is 19.6. The number of nitrogens with zero attached hydrogens (tertiary/aromatic N) is 1. The molecule has 0 aliphatic carbocycles. The molecule has 1 amide bonds. The summed E-state index contributed by atoms with van der Waals surface area (Å²) in [5, 5.41) is 2.09. The Morgan fingerprint density at radius 1 is 1.58 bits per heavy atom. The number of hydrogen-bond acceptors (Lipinski definition) is 3. The van der Waals surface area contributed by atoms with Crippen LogP contribution in [0.4, 0.5) is 0 Å². The van der Waals surface area contributed by atoms with E-state index >= 15 is 0 Å². The van der Waals surface area contributed by atoms with Gasteiger partial charge in [-0.3, -0.25) is 4.79 Å². The Hall–Kier alpha value is -0.870. The van der Waals surface area contributed by atoms with E-state index in [2.05, 4.69) is 17.5 Å². The van der Waals surface area contributed by atoms with Crippen molar-refractivity contribution < 1.29 is 9.53 Å². The van der Waals surface area contributed by atoms with Gasteiger partial charge in [0.15, 0.2) is 0 Å². The third kappa shape index (κ3) is 4.62. The van der Waals surface area contributed by atoms with Crippen LogP contribution < -0.4 is 0 Å². The second kappa shape index (κ2) is 7.65. The van der Waals surface area contributed by atoms with Crippen molar-refractivity contribution in [1.29, 1.82) is 0 Å². The van der Waals surface area contributed by atoms with Crippen molar-refractivity contribution in [3.8, 4) is 0 Å². The predicted octanol–water partition coefficient (Wildman–Crippen LogP) is 2.96. The monoisotopic (exact) mass is 281 g/mol. The summed E-state index contributed by atoms with van der Waals surface area (Å²) in [7, 11) is 1.74. The number of likely N-dealkylation sites (tertiary alicyclic amines) is 1. The van der Waals surface area contributed by atoms with Gasteiger partial charge in [0.05, 0.1) is 6.61 Å². The maximum absolute atomic E-state index is 12.2. The van der Waals surface area contributed by atoms with Crippen LogP contribution in [0.5, 0.6) is 0 Å². The third-order valence-corrected chi connectivity index (χ3v) is 4.60. The molecule has 1 aromatic heterocycles. The molecule has 2 heterocycles. The zero-order chi connectivity index (χ0) is 13.5. The molecular weight excluding hydrogens is 258 g/mol. The molecule has 1 aliphatic heterocycles. The Balaban J connectivity index is 1.70. The highest BCUT2D eigenvalue weighted by Crippen LogP contribution is 2.18. The van der Waals surface area contributed by atoms with Crippen LogP contribution in [-0.4, -0.2) is 37.6 Å². The van der Waals surface area contributed by atoms with Gasteiger partial charge in [-0.15, -0.1) is 11.3 Å². The van der Waals surface area contributed by atoms with Crippen molar-refractivity contribution in [1.82, 2.24) is 4.90 Å². The summed E-state index contributed by atoms with van der Waals surface area (Å²) in [6.45, 7) is 2.59. The molecule has 1 saturated heterocycles. The summed E-state index contributed by atoms with van der Waals surface area (Å²) in [5.74, 6) is 0.845. The lowest BCUT2D eigenvalue weighted by molar-refractivity contribution is -0.133. The van der Waals surface area contributed by atoms with E-state index in [1.165, 1.54) is 11.3 Å². The van der Waals surface area contributed by atoms with E-state index in [0.717, 1.165) is 39.0 Å². The first-order chi connectivity index (χ1) is 9.29. The number of carbonyl (C=O) groups is 1. The zero-order valence-electron chi connectivity index (χ0n) is 11.6. The first kappa shape index (κ1) is 14.5. The maximum atomic E-state index is 12.2. The van der Waals surface area contributed by atoms with Crippen LogP contribution in [0.15, 0.2) is 17.5 Å². The fourth-order valence-electron chi connectivity index (χ4n) is 2.69. The predicted molar refractivity (Wildman–Crippen MR) is 78.4 cm³/mol. The van der Waals surface area contributed by atoms with E-state index in [1.54, 1.807) is 18.4 Å². The SMILES string of the molecule is COCC1CCCN(C(=O)CCCc2cccs2)C1. The topological polar surface area (TPSA) is 29.5 Å². The fourth-order valence-corrected chi connectivity index (χ4v) is 3.44. The van der Waals surface area contributed by atoms with Gasteiger partial charge < -0.3 is 9.64 Å². The molecule has 1 atom stereocenters. The van der Waals surface area contributed by atoms with E-state index in [9.17, 15) is 4.79 Å². The number of thiophene rings is 1. The van der Waals surface area contributed by atoms with Crippen molar-refractivity contribution in [2.24, 2.45) is 5.92 Å². The minimum absolute atomic E-state index is 0.317. The molecule has 2 rings (SSSR count). The summed E-state index contributed by atoms with van der Waals surface area (Å²) in [4.78, 5) is 15.6. The van der Waals surface area contributed by atoms with E-state index in [-0.39, 0.29) is 0 Å². The number of carbonyl (C=O) groups excluding carboxylic acids is 1. The Kier molecular flexibility index (Phi) is 5.86. The molecule has 0 spiro atoms. The Labute approximate surface area is 119 Å². The summed E-state index contributed by atoms with van der Waals surface area (Å²) in [5.41, 5.74) is 0. The van der Waals surface area contributed by atoms with Gasteiger partial charge in [0, 0.05) is 31.5 Å². The standard InChI is InChI=1S/C15H23NO2S/c1-18-12-13-5-3-9-16(11-13)15(17)8-2-6-14-7-4-10-19-14/h4,7,10,13H,2-3,5-6,8-9,11-12H2,1H3. The number of hydrogen-bond donors (Lipinski definition) is 0.